The van der Waals surface area contributed by atoms with Crippen LogP contribution in [0.1, 0.15) is 27.4 Å². The summed E-state index contributed by atoms with van der Waals surface area (Å²) in [6.45, 7) is 0.218. The molecule has 2 aromatic rings. The summed E-state index contributed by atoms with van der Waals surface area (Å²) < 4.78 is 27.1. The lowest BCUT2D eigenvalue weighted by Gasteiger charge is -2.18. The lowest BCUT2D eigenvalue weighted by atomic mass is 9.93. The number of methoxy groups -OCH3 is 1. The van der Waals surface area contributed by atoms with Gasteiger partial charge in [0.1, 0.15) is 22.6 Å². The van der Waals surface area contributed by atoms with E-state index in [0.717, 1.165) is 5.56 Å². The van der Waals surface area contributed by atoms with Crippen LogP contribution >= 0.6 is 0 Å². The molecule has 1 aromatic heterocycles. The van der Waals surface area contributed by atoms with Gasteiger partial charge < -0.3 is 23.4 Å². The van der Waals surface area contributed by atoms with E-state index in [1.165, 1.54) is 7.11 Å². The highest BCUT2D eigenvalue weighted by Gasteiger charge is 2.41. The number of hydrogen-bond donors (Lipinski definition) is 0. The Hall–Kier alpha value is -2.96. The molecule has 0 fully saturated rings. The third-order valence-electron chi connectivity index (χ3n) is 4.63. The molecule has 0 amide bonds. The Morgan fingerprint density at radius 2 is 2.17 bits per heavy atom. The number of rotatable bonds is 1. The van der Waals surface area contributed by atoms with Crippen LogP contribution in [0.5, 0.6) is 11.5 Å². The highest BCUT2D eigenvalue weighted by Crippen LogP contribution is 2.49. The summed E-state index contributed by atoms with van der Waals surface area (Å²) in [6.07, 6.45) is 3.39. The van der Waals surface area contributed by atoms with Gasteiger partial charge in [-0.05, 0) is 11.6 Å². The van der Waals surface area contributed by atoms with Crippen LogP contribution in [0.2, 0.25) is 0 Å². The van der Waals surface area contributed by atoms with Gasteiger partial charge in [-0.15, -0.1) is 0 Å². The topological polar surface area (TPSA) is 84.2 Å². The second-order valence-electron chi connectivity index (χ2n) is 5.80. The van der Waals surface area contributed by atoms with Gasteiger partial charge >= 0.3 is 11.6 Å². The quantitative estimate of drug-likeness (QED) is 0.583. The van der Waals surface area contributed by atoms with Crippen LogP contribution in [0, 0.1) is 0 Å². The van der Waals surface area contributed by atoms with Gasteiger partial charge in [-0.3, -0.25) is 0 Å². The molecule has 0 radical (unpaired) electrons. The minimum absolute atomic E-state index is 0.0549. The van der Waals surface area contributed by atoms with E-state index in [0.29, 0.717) is 34.5 Å². The first kappa shape index (κ1) is 13.5. The molecule has 3 aliphatic rings. The van der Waals surface area contributed by atoms with Crippen LogP contribution in [-0.2, 0) is 15.9 Å². The summed E-state index contributed by atoms with van der Waals surface area (Å²) in [5, 5.41) is 0.618. The Labute approximate surface area is 135 Å². The highest BCUT2D eigenvalue weighted by molar-refractivity contribution is 6.01. The van der Waals surface area contributed by atoms with Crippen molar-refractivity contribution in [3.05, 3.63) is 45.5 Å². The Morgan fingerprint density at radius 1 is 1.29 bits per heavy atom. The summed E-state index contributed by atoms with van der Waals surface area (Å²) in [7, 11) is 1.52. The van der Waals surface area contributed by atoms with Crippen LogP contribution in [-0.4, -0.2) is 26.0 Å². The summed E-state index contributed by atoms with van der Waals surface area (Å²) in [5.41, 5.74) is 0.960. The molecule has 5 rings (SSSR count). The maximum absolute atomic E-state index is 12.4. The molecule has 0 bridgehead atoms. The SMILES string of the molecule is COc1cc2c(c3oc(=O)c4c(c13)CCOC4=O)[C@@H]1C=CO[C@H]1O2. The van der Waals surface area contributed by atoms with Crippen LogP contribution < -0.4 is 15.1 Å². The van der Waals surface area contributed by atoms with Gasteiger partial charge in [-0.2, -0.15) is 0 Å². The molecule has 0 aliphatic carbocycles. The fourth-order valence-electron chi connectivity index (χ4n) is 3.60. The lowest BCUT2D eigenvalue weighted by Crippen LogP contribution is -2.26. The number of carbonyl (C=O) groups excluding carboxylic acids is 1. The van der Waals surface area contributed by atoms with Crippen molar-refractivity contribution >= 4 is 16.9 Å². The van der Waals surface area contributed by atoms with E-state index < -0.39 is 17.9 Å². The number of benzene rings is 1. The Bertz CT molecular complexity index is 985. The van der Waals surface area contributed by atoms with Crippen molar-refractivity contribution in [3.63, 3.8) is 0 Å². The number of carbonyl (C=O) groups is 1. The Balaban J connectivity index is 1.93. The summed E-state index contributed by atoms with van der Waals surface area (Å²) in [5.74, 6) is 0.223. The van der Waals surface area contributed by atoms with Gasteiger partial charge in [0.15, 0.2) is 0 Å². The minimum atomic E-state index is -0.705. The van der Waals surface area contributed by atoms with E-state index in [9.17, 15) is 9.59 Å². The number of fused-ring (bicyclic) bond motifs is 7. The first-order chi connectivity index (χ1) is 11.7. The summed E-state index contributed by atoms with van der Waals surface area (Å²) in [4.78, 5) is 24.4. The van der Waals surface area contributed by atoms with E-state index in [4.69, 9.17) is 23.4 Å². The van der Waals surface area contributed by atoms with Crippen molar-refractivity contribution in [1.82, 2.24) is 0 Å². The maximum atomic E-state index is 12.4. The van der Waals surface area contributed by atoms with E-state index in [1.54, 1.807) is 12.3 Å². The molecule has 122 valence electrons. The molecule has 0 saturated heterocycles. The maximum Gasteiger partial charge on any atom is 0.351 e. The van der Waals surface area contributed by atoms with Gasteiger partial charge in [-0.25, -0.2) is 9.59 Å². The van der Waals surface area contributed by atoms with Crippen LogP contribution in [0.3, 0.4) is 0 Å². The molecule has 3 aliphatic heterocycles. The van der Waals surface area contributed by atoms with Crippen molar-refractivity contribution < 1.29 is 28.2 Å². The average molecular weight is 328 g/mol. The van der Waals surface area contributed by atoms with Crippen molar-refractivity contribution in [2.75, 3.05) is 13.7 Å². The average Bonchev–Trinajstić information content (AvgIpc) is 3.14. The number of ether oxygens (including phenoxy) is 4. The molecule has 1 aromatic carbocycles. The summed E-state index contributed by atoms with van der Waals surface area (Å²) in [6, 6.07) is 1.74. The molecule has 4 heterocycles. The molecule has 2 atom stereocenters. The molecule has 0 saturated carbocycles. The molecule has 0 N–H and O–H groups in total. The second kappa shape index (κ2) is 4.53. The lowest BCUT2D eigenvalue weighted by molar-refractivity contribution is -0.00485. The standard InChI is InChI=1S/C17H12O7/c1-20-9-6-10-12(8-3-5-22-17(8)23-10)14-11(9)7-2-4-21-15(18)13(7)16(19)24-14/h3,5-6,8,17H,2,4H2,1H3/t8-,17-/m0/s1. The van der Waals surface area contributed by atoms with Crippen LogP contribution in [0.25, 0.3) is 11.0 Å². The van der Waals surface area contributed by atoms with E-state index >= 15 is 0 Å². The number of cyclic esters (lactones) is 1. The normalized spacial score (nSPS) is 23.1. The predicted octanol–water partition coefficient (Wildman–Crippen LogP) is 1.86. The molecule has 7 nitrogen and oxygen atoms in total. The molecule has 0 spiro atoms. The second-order valence-corrected chi connectivity index (χ2v) is 5.80. The van der Waals surface area contributed by atoms with E-state index in [-0.39, 0.29) is 18.1 Å². The molecular weight excluding hydrogens is 316 g/mol. The molecule has 0 unspecified atom stereocenters. The fourth-order valence-corrected chi connectivity index (χ4v) is 3.60. The Kier molecular flexibility index (Phi) is 2.54. The van der Waals surface area contributed by atoms with Crippen LogP contribution in [0.4, 0.5) is 0 Å². The zero-order valence-electron chi connectivity index (χ0n) is 12.7. The van der Waals surface area contributed by atoms with E-state index in [2.05, 4.69) is 0 Å². The largest absolute Gasteiger partial charge is 0.496 e. The first-order valence-electron chi connectivity index (χ1n) is 7.55. The van der Waals surface area contributed by atoms with Crippen molar-refractivity contribution in [3.8, 4) is 11.5 Å². The fraction of sp³-hybridized carbons (Fsp3) is 0.294. The monoisotopic (exact) mass is 328 g/mol. The van der Waals surface area contributed by atoms with E-state index in [1.807, 2.05) is 6.08 Å². The molecular formula is C17H12O7. The Morgan fingerprint density at radius 3 is 3.00 bits per heavy atom. The van der Waals surface area contributed by atoms with Gasteiger partial charge in [0.05, 0.1) is 36.8 Å². The van der Waals surface area contributed by atoms with Gasteiger partial charge in [-0.1, -0.05) is 0 Å². The van der Waals surface area contributed by atoms with Crippen molar-refractivity contribution in [1.29, 1.82) is 0 Å². The first-order valence-corrected chi connectivity index (χ1v) is 7.55. The van der Waals surface area contributed by atoms with Gasteiger partial charge in [0, 0.05) is 12.5 Å². The summed E-state index contributed by atoms with van der Waals surface area (Å²) >= 11 is 0. The predicted molar refractivity (Wildman–Crippen MR) is 80.4 cm³/mol. The smallest absolute Gasteiger partial charge is 0.351 e. The number of esters is 1. The third-order valence-corrected chi connectivity index (χ3v) is 4.63. The highest BCUT2D eigenvalue weighted by atomic mass is 16.7. The molecule has 7 heteroatoms. The molecule has 24 heavy (non-hydrogen) atoms. The number of hydrogen-bond acceptors (Lipinski definition) is 7. The zero-order valence-corrected chi connectivity index (χ0v) is 12.7. The van der Waals surface area contributed by atoms with Gasteiger partial charge in [0.2, 0.25) is 0 Å². The van der Waals surface area contributed by atoms with Crippen molar-refractivity contribution in [2.24, 2.45) is 0 Å². The minimum Gasteiger partial charge on any atom is -0.496 e. The zero-order chi connectivity index (χ0) is 16.4. The van der Waals surface area contributed by atoms with Crippen LogP contribution in [0.15, 0.2) is 27.6 Å². The van der Waals surface area contributed by atoms with Crippen molar-refractivity contribution in [2.45, 2.75) is 18.6 Å². The van der Waals surface area contributed by atoms with Gasteiger partial charge in [0.25, 0.3) is 6.29 Å². The third kappa shape index (κ3) is 1.56.